The molecular formula is C14H23NOS. The Morgan fingerprint density at radius 1 is 1.29 bits per heavy atom. The maximum absolute atomic E-state index is 9.34. The number of hydrogen-bond donors (Lipinski definition) is 2. The van der Waals surface area contributed by atoms with Crippen molar-refractivity contribution in [2.45, 2.75) is 32.1 Å². The Morgan fingerprint density at radius 2 is 2.12 bits per heavy atom. The van der Waals surface area contributed by atoms with Crippen LogP contribution >= 0.6 is 11.3 Å². The smallest absolute Gasteiger partial charge is 0.0462 e. The molecule has 96 valence electrons. The molecule has 1 fully saturated rings. The molecule has 2 unspecified atom stereocenters. The zero-order valence-corrected chi connectivity index (χ0v) is 11.2. The molecule has 0 amide bonds. The van der Waals surface area contributed by atoms with Crippen LogP contribution in [0.2, 0.25) is 0 Å². The van der Waals surface area contributed by atoms with Gasteiger partial charge in [-0.2, -0.15) is 0 Å². The lowest BCUT2D eigenvalue weighted by atomic mass is 9.79. The molecular weight excluding hydrogens is 230 g/mol. The van der Waals surface area contributed by atoms with Crippen LogP contribution in [-0.2, 0) is 6.42 Å². The van der Waals surface area contributed by atoms with E-state index in [2.05, 4.69) is 22.8 Å². The first-order valence-electron chi connectivity index (χ1n) is 6.74. The minimum atomic E-state index is 0.372. The van der Waals surface area contributed by atoms with Crippen LogP contribution in [0.15, 0.2) is 17.5 Å². The van der Waals surface area contributed by atoms with Crippen molar-refractivity contribution in [2.24, 2.45) is 11.8 Å². The summed E-state index contributed by atoms with van der Waals surface area (Å²) in [7, 11) is 0. The molecule has 2 N–H and O–H groups in total. The summed E-state index contributed by atoms with van der Waals surface area (Å²) < 4.78 is 0. The van der Waals surface area contributed by atoms with Gasteiger partial charge in [-0.1, -0.05) is 18.9 Å². The number of nitrogens with one attached hydrogen (secondary N) is 1. The summed E-state index contributed by atoms with van der Waals surface area (Å²) in [6.45, 7) is 2.52. The van der Waals surface area contributed by atoms with Crippen LogP contribution < -0.4 is 5.32 Å². The number of aliphatic hydroxyl groups excluding tert-OH is 1. The number of thiophene rings is 1. The SMILES string of the molecule is OCC1CCCCC1CNCCc1cccs1. The second kappa shape index (κ2) is 7.14. The zero-order valence-electron chi connectivity index (χ0n) is 10.4. The second-order valence-corrected chi connectivity index (χ2v) is 6.05. The Balaban J connectivity index is 1.63. The third-order valence-electron chi connectivity index (χ3n) is 3.84. The van der Waals surface area contributed by atoms with Crippen molar-refractivity contribution in [2.75, 3.05) is 19.7 Å². The summed E-state index contributed by atoms with van der Waals surface area (Å²) in [6.07, 6.45) is 6.28. The molecule has 1 heterocycles. The van der Waals surface area contributed by atoms with Gasteiger partial charge < -0.3 is 10.4 Å². The van der Waals surface area contributed by atoms with Gasteiger partial charge in [-0.15, -0.1) is 11.3 Å². The van der Waals surface area contributed by atoms with E-state index in [-0.39, 0.29) is 0 Å². The molecule has 0 aliphatic heterocycles. The summed E-state index contributed by atoms with van der Waals surface area (Å²) >= 11 is 1.83. The zero-order chi connectivity index (χ0) is 11.9. The molecule has 1 aromatic heterocycles. The molecule has 0 spiro atoms. The largest absolute Gasteiger partial charge is 0.396 e. The van der Waals surface area contributed by atoms with E-state index in [0.29, 0.717) is 18.4 Å². The van der Waals surface area contributed by atoms with E-state index in [4.69, 9.17) is 0 Å². The van der Waals surface area contributed by atoms with Crippen LogP contribution in [0.25, 0.3) is 0 Å². The van der Waals surface area contributed by atoms with E-state index in [9.17, 15) is 5.11 Å². The lowest BCUT2D eigenvalue weighted by molar-refractivity contribution is 0.133. The molecule has 17 heavy (non-hydrogen) atoms. The highest BCUT2D eigenvalue weighted by Gasteiger charge is 2.23. The van der Waals surface area contributed by atoms with Gasteiger partial charge in [0.25, 0.3) is 0 Å². The van der Waals surface area contributed by atoms with Crippen LogP contribution in [0, 0.1) is 11.8 Å². The van der Waals surface area contributed by atoms with Crippen LogP contribution in [0.4, 0.5) is 0 Å². The monoisotopic (exact) mass is 253 g/mol. The first-order chi connectivity index (χ1) is 8.40. The standard InChI is InChI=1S/C14H23NOS/c16-11-13-5-2-1-4-12(13)10-15-8-7-14-6-3-9-17-14/h3,6,9,12-13,15-16H,1-2,4-5,7-8,10-11H2. The first kappa shape index (κ1) is 13.1. The van der Waals surface area contributed by atoms with E-state index in [1.54, 1.807) is 0 Å². The third-order valence-corrected chi connectivity index (χ3v) is 4.77. The molecule has 1 aliphatic rings. The van der Waals surface area contributed by atoms with E-state index >= 15 is 0 Å². The lowest BCUT2D eigenvalue weighted by Gasteiger charge is -2.30. The molecule has 1 aromatic rings. The quantitative estimate of drug-likeness (QED) is 0.764. The van der Waals surface area contributed by atoms with Crippen molar-refractivity contribution in [1.82, 2.24) is 5.32 Å². The van der Waals surface area contributed by atoms with Gasteiger partial charge in [-0.25, -0.2) is 0 Å². The molecule has 1 saturated carbocycles. The first-order valence-corrected chi connectivity index (χ1v) is 7.62. The molecule has 0 aromatic carbocycles. The molecule has 1 aliphatic carbocycles. The third kappa shape index (κ3) is 4.09. The Kier molecular flexibility index (Phi) is 5.49. The highest BCUT2D eigenvalue weighted by Crippen LogP contribution is 2.28. The Labute approximate surface area is 108 Å². The highest BCUT2D eigenvalue weighted by molar-refractivity contribution is 7.09. The van der Waals surface area contributed by atoms with Gasteiger partial charge >= 0.3 is 0 Å². The Bertz CT molecular complexity index is 299. The van der Waals surface area contributed by atoms with Crippen molar-refractivity contribution in [3.8, 4) is 0 Å². The van der Waals surface area contributed by atoms with Gasteiger partial charge in [0.1, 0.15) is 0 Å². The summed E-state index contributed by atoms with van der Waals surface area (Å²) in [4.78, 5) is 1.46. The van der Waals surface area contributed by atoms with Crippen LogP contribution in [0.1, 0.15) is 30.6 Å². The average Bonchev–Trinajstić information content (AvgIpc) is 2.88. The summed E-state index contributed by atoms with van der Waals surface area (Å²) in [5.74, 6) is 1.23. The fourth-order valence-electron chi connectivity index (χ4n) is 2.75. The van der Waals surface area contributed by atoms with Gasteiger partial charge in [0.2, 0.25) is 0 Å². The van der Waals surface area contributed by atoms with Crippen LogP contribution in [0.5, 0.6) is 0 Å². The topological polar surface area (TPSA) is 32.3 Å². The molecule has 2 nitrogen and oxygen atoms in total. The van der Waals surface area contributed by atoms with Crippen LogP contribution in [0.3, 0.4) is 0 Å². The van der Waals surface area contributed by atoms with E-state index in [0.717, 1.165) is 19.5 Å². The normalized spacial score (nSPS) is 25.0. The molecule has 3 heteroatoms. The minimum Gasteiger partial charge on any atom is -0.396 e. The van der Waals surface area contributed by atoms with Crippen molar-refractivity contribution in [1.29, 1.82) is 0 Å². The number of hydrogen-bond acceptors (Lipinski definition) is 3. The number of aliphatic hydroxyl groups is 1. The molecule has 0 bridgehead atoms. The maximum atomic E-state index is 9.34. The van der Waals surface area contributed by atoms with Crippen molar-refractivity contribution in [3.05, 3.63) is 22.4 Å². The van der Waals surface area contributed by atoms with Crippen molar-refractivity contribution >= 4 is 11.3 Å². The Morgan fingerprint density at radius 3 is 2.82 bits per heavy atom. The van der Waals surface area contributed by atoms with Gasteiger partial charge in [0, 0.05) is 11.5 Å². The van der Waals surface area contributed by atoms with Gasteiger partial charge in [-0.05, 0) is 55.6 Å². The lowest BCUT2D eigenvalue weighted by Crippen LogP contribution is -2.33. The second-order valence-electron chi connectivity index (χ2n) is 5.02. The Hall–Kier alpha value is -0.380. The van der Waals surface area contributed by atoms with E-state index < -0.39 is 0 Å². The van der Waals surface area contributed by atoms with Crippen molar-refractivity contribution in [3.63, 3.8) is 0 Å². The van der Waals surface area contributed by atoms with Crippen molar-refractivity contribution < 1.29 is 5.11 Å². The molecule has 0 radical (unpaired) electrons. The molecule has 2 atom stereocenters. The maximum Gasteiger partial charge on any atom is 0.0462 e. The molecule has 0 saturated heterocycles. The van der Waals surface area contributed by atoms with E-state index in [1.807, 2.05) is 11.3 Å². The van der Waals surface area contributed by atoms with Gasteiger partial charge in [-0.3, -0.25) is 0 Å². The summed E-state index contributed by atoms with van der Waals surface area (Å²) in [5.41, 5.74) is 0. The predicted molar refractivity (Wildman–Crippen MR) is 73.4 cm³/mol. The van der Waals surface area contributed by atoms with Gasteiger partial charge in [0.15, 0.2) is 0 Å². The fourth-order valence-corrected chi connectivity index (χ4v) is 3.46. The number of rotatable bonds is 6. The van der Waals surface area contributed by atoms with Crippen LogP contribution in [-0.4, -0.2) is 24.8 Å². The van der Waals surface area contributed by atoms with E-state index in [1.165, 1.54) is 30.6 Å². The average molecular weight is 253 g/mol. The summed E-state index contributed by atoms with van der Waals surface area (Å²) in [6, 6.07) is 4.31. The highest BCUT2D eigenvalue weighted by atomic mass is 32.1. The molecule has 2 rings (SSSR count). The van der Waals surface area contributed by atoms with Gasteiger partial charge in [0.05, 0.1) is 0 Å². The minimum absolute atomic E-state index is 0.372. The predicted octanol–water partition coefficient (Wildman–Crippen LogP) is 2.68. The summed E-state index contributed by atoms with van der Waals surface area (Å²) in [5, 5.41) is 15.0. The fraction of sp³-hybridized carbons (Fsp3) is 0.714.